The van der Waals surface area contributed by atoms with Gasteiger partial charge in [0.05, 0.1) is 0 Å². The molecular weight excluding hydrogens is 218 g/mol. The molecule has 2 aromatic rings. The molecule has 1 N–H and O–H groups in total. The van der Waals surface area contributed by atoms with Gasteiger partial charge in [-0.25, -0.2) is 0 Å². The van der Waals surface area contributed by atoms with Gasteiger partial charge in [0.2, 0.25) is 0 Å². The van der Waals surface area contributed by atoms with E-state index in [1.165, 1.54) is 27.9 Å². The molecule has 18 heavy (non-hydrogen) atoms. The van der Waals surface area contributed by atoms with Crippen molar-refractivity contribution in [2.45, 2.75) is 33.7 Å². The third-order valence-corrected chi connectivity index (χ3v) is 3.58. The third kappa shape index (κ3) is 2.73. The summed E-state index contributed by atoms with van der Waals surface area (Å²) in [6.07, 6.45) is 1.07. The van der Waals surface area contributed by atoms with E-state index in [-0.39, 0.29) is 0 Å². The summed E-state index contributed by atoms with van der Waals surface area (Å²) in [6.45, 7) is 7.44. The second kappa shape index (κ2) is 5.72. The zero-order valence-electron chi connectivity index (χ0n) is 11.5. The largest absolute Gasteiger partial charge is 0.381 e. The Balaban J connectivity index is 2.14. The van der Waals surface area contributed by atoms with Crippen LogP contribution in [0.4, 0.5) is 5.69 Å². The molecular formula is C17H21N. The van der Waals surface area contributed by atoms with E-state index in [0.717, 1.165) is 13.0 Å². The van der Waals surface area contributed by atoms with E-state index in [9.17, 15) is 0 Å². The summed E-state index contributed by atoms with van der Waals surface area (Å²) >= 11 is 0. The first-order chi connectivity index (χ1) is 8.72. The first-order valence-electron chi connectivity index (χ1n) is 6.59. The average Bonchev–Trinajstić information content (AvgIpc) is 2.41. The van der Waals surface area contributed by atoms with Crippen LogP contribution in [0.2, 0.25) is 0 Å². The molecule has 0 unspecified atom stereocenters. The number of hydrogen-bond donors (Lipinski definition) is 1. The van der Waals surface area contributed by atoms with Gasteiger partial charge in [-0.1, -0.05) is 43.3 Å². The van der Waals surface area contributed by atoms with Crippen molar-refractivity contribution in [2.75, 3.05) is 5.32 Å². The Bertz CT molecular complexity index is 529. The van der Waals surface area contributed by atoms with Crippen LogP contribution >= 0.6 is 0 Å². The number of anilines is 1. The molecule has 0 aliphatic carbocycles. The van der Waals surface area contributed by atoms with Gasteiger partial charge in [0, 0.05) is 12.2 Å². The smallest absolute Gasteiger partial charge is 0.0403 e. The molecule has 0 aliphatic rings. The van der Waals surface area contributed by atoms with E-state index in [4.69, 9.17) is 0 Å². The number of hydrogen-bond acceptors (Lipinski definition) is 1. The van der Waals surface area contributed by atoms with E-state index in [2.05, 4.69) is 68.6 Å². The molecule has 94 valence electrons. The van der Waals surface area contributed by atoms with E-state index in [0.29, 0.717) is 0 Å². The maximum atomic E-state index is 3.55. The lowest BCUT2D eigenvalue weighted by atomic mass is 10.0. The van der Waals surface area contributed by atoms with Crippen molar-refractivity contribution in [3.8, 4) is 0 Å². The molecule has 0 bridgehead atoms. The molecule has 0 saturated heterocycles. The van der Waals surface area contributed by atoms with Crippen LogP contribution in [0, 0.1) is 13.8 Å². The van der Waals surface area contributed by atoms with Crippen molar-refractivity contribution < 1.29 is 0 Å². The minimum atomic E-state index is 0.893. The van der Waals surface area contributed by atoms with Crippen LogP contribution in [0.5, 0.6) is 0 Å². The molecule has 1 nitrogen and oxygen atoms in total. The van der Waals surface area contributed by atoms with Crippen molar-refractivity contribution in [2.24, 2.45) is 0 Å². The second-order valence-corrected chi connectivity index (χ2v) is 4.72. The lowest BCUT2D eigenvalue weighted by Gasteiger charge is -2.13. The van der Waals surface area contributed by atoms with Gasteiger partial charge in [0.1, 0.15) is 0 Å². The van der Waals surface area contributed by atoms with Crippen LogP contribution in [0.25, 0.3) is 0 Å². The van der Waals surface area contributed by atoms with Gasteiger partial charge >= 0.3 is 0 Å². The zero-order chi connectivity index (χ0) is 13.0. The fraction of sp³-hybridized carbons (Fsp3) is 0.294. The summed E-state index contributed by atoms with van der Waals surface area (Å²) in [6, 6.07) is 15.0. The van der Waals surface area contributed by atoms with Gasteiger partial charge in [-0.15, -0.1) is 0 Å². The van der Waals surface area contributed by atoms with E-state index < -0.39 is 0 Å². The van der Waals surface area contributed by atoms with Crippen LogP contribution < -0.4 is 5.32 Å². The van der Waals surface area contributed by atoms with Gasteiger partial charge in [0.15, 0.2) is 0 Å². The Labute approximate surface area is 110 Å². The fourth-order valence-corrected chi connectivity index (χ4v) is 2.19. The number of benzene rings is 2. The summed E-state index contributed by atoms with van der Waals surface area (Å²) < 4.78 is 0. The Morgan fingerprint density at radius 1 is 0.889 bits per heavy atom. The summed E-state index contributed by atoms with van der Waals surface area (Å²) in [4.78, 5) is 0. The van der Waals surface area contributed by atoms with Crippen molar-refractivity contribution in [3.63, 3.8) is 0 Å². The predicted octanol–water partition coefficient (Wildman–Crippen LogP) is 4.48. The molecule has 0 amide bonds. The van der Waals surface area contributed by atoms with Crippen molar-refractivity contribution in [1.29, 1.82) is 0 Å². The molecule has 2 rings (SSSR count). The minimum absolute atomic E-state index is 0.893. The molecule has 2 aromatic carbocycles. The van der Waals surface area contributed by atoms with E-state index >= 15 is 0 Å². The number of aryl methyl sites for hydroxylation is 2. The van der Waals surface area contributed by atoms with Crippen LogP contribution in [-0.4, -0.2) is 0 Å². The van der Waals surface area contributed by atoms with Gasteiger partial charge in [0.25, 0.3) is 0 Å². The SMILES string of the molecule is CCc1ccccc1NCc1cccc(C)c1C. The van der Waals surface area contributed by atoms with Crippen molar-refractivity contribution in [3.05, 3.63) is 64.7 Å². The molecule has 0 fully saturated rings. The summed E-state index contributed by atoms with van der Waals surface area (Å²) in [5, 5.41) is 3.55. The van der Waals surface area contributed by atoms with Crippen molar-refractivity contribution >= 4 is 5.69 Å². The summed E-state index contributed by atoms with van der Waals surface area (Å²) in [5.41, 5.74) is 6.75. The van der Waals surface area contributed by atoms with Crippen LogP contribution in [0.3, 0.4) is 0 Å². The maximum absolute atomic E-state index is 3.55. The van der Waals surface area contributed by atoms with Gasteiger partial charge in [-0.2, -0.15) is 0 Å². The number of nitrogens with one attached hydrogen (secondary N) is 1. The molecule has 0 saturated carbocycles. The first-order valence-corrected chi connectivity index (χ1v) is 6.59. The van der Waals surface area contributed by atoms with E-state index in [1.54, 1.807) is 0 Å². The van der Waals surface area contributed by atoms with Gasteiger partial charge < -0.3 is 5.32 Å². The predicted molar refractivity (Wildman–Crippen MR) is 79.1 cm³/mol. The molecule has 0 heterocycles. The molecule has 0 radical (unpaired) electrons. The maximum Gasteiger partial charge on any atom is 0.0403 e. The molecule has 0 atom stereocenters. The summed E-state index contributed by atoms with van der Waals surface area (Å²) in [7, 11) is 0. The van der Waals surface area contributed by atoms with Crippen LogP contribution in [0.1, 0.15) is 29.2 Å². The van der Waals surface area contributed by atoms with E-state index in [1.807, 2.05) is 0 Å². The zero-order valence-corrected chi connectivity index (χ0v) is 11.5. The standard InChI is InChI=1S/C17H21N/c1-4-15-9-5-6-11-17(15)18-12-16-10-7-8-13(2)14(16)3/h5-11,18H,4,12H2,1-3H3. The highest BCUT2D eigenvalue weighted by molar-refractivity contribution is 5.51. The Kier molecular flexibility index (Phi) is 4.03. The monoisotopic (exact) mass is 239 g/mol. The highest BCUT2D eigenvalue weighted by Gasteiger charge is 2.02. The Morgan fingerprint density at radius 3 is 2.39 bits per heavy atom. The van der Waals surface area contributed by atoms with Crippen molar-refractivity contribution in [1.82, 2.24) is 0 Å². The minimum Gasteiger partial charge on any atom is -0.381 e. The molecule has 0 aliphatic heterocycles. The fourth-order valence-electron chi connectivity index (χ4n) is 2.19. The highest BCUT2D eigenvalue weighted by Crippen LogP contribution is 2.18. The first kappa shape index (κ1) is 12.7. The molecule has 0 aromatic heterocycles. The average molecular weight is 239 g/mol. The Morgan fingerprint density at radius 2 is 1.61 bits per heavy atom. The lowest BCUT2D eigenvalue weighted by molar-refractivity contribution is 1.07. The van der Waals surface area contributed by atoms with Gasteiger partial charge in [-0.05, 0) is 48.6 Å². The van der Waals surface area contributed by atoms with Gasteiger partial charge in [-0.3, -0.25) is 0 Å². The molecule has 0 spiro atoms. The van der Waals surface area contributed by atoms with Crippen LogP contribution in [0.15, 0.2) is 42.5 Å². The number of rotatable bonds is 4. The quantitative estimate of drug-likeness (QED) is 0.829. The molecule has 1 heteroatoms. The second-order valence-electron chi connectivity index (χ2n) is 4.72. The normalized spacial score (nSPS) is 10.4. The van der Waals surface area contributed by atoms with Crippen LogP contribution in [-0.2, 0) is 13.0 Å². The topological polar surface area (TPSA) is 12.0 Å². The number of para-hydroxylation sites is 1. The Hall–Kier alpha value is -1.76. The third-order valence-electron chi connectivity index (χ3n) is 3.58. The summed E-state index contributed by atoms with van der Waals surface area (Å²) in [5.74, 6) is 0. The lowest BCUT2D eigenvalue weighted by Crippen LogP contribution is -2.04. The highest BCUT2D eigenvalue weighted by atomic mass is 14.9.